The minimum Gasteiger partial charge on any atom is -0.228 e. The molecule has 0 N–H and O–H groups in total. The summed E-state index contributed by atoms with van der Waals surface area (Å²) in [6, 6.07) is 17.0. The van der Waals surface area contributed by atoms with Crippen LogP contribution >= 0.6 is 0 Å². The maximum absolute atomic E-state index is 13.8. The van der Waals surface area contributed by atoms with Crippen LogP contribution in [0, 0.1) is 19.8 Å². The summed E-state index contributed by atoms with van der Waals surface area (Å²) in [5.74, 6) is -0.110. The zero-order chi connectivity index (χ0) is 14.8. The van der Waals surface area contributed by atoms with Crippen molar-refractivity contribution in [3.05, 3.63) is 71.7 Å². The molecule has 21 heavy (non-hydrogen) atoms. The molecule has 3 heteroatoms. The van der Waals surface area contributed by atoms with Gasteiger partial charge < -0.3 is 0 Å². The molecule has 0 atom stereocenters. The summed E-state index contributed by atoms with van der Waals surface area (Å²) in [7, 11) is 0. The Bertz CT molecular complexity index is 698. The first kappa shape index (κ1) is 13.4. The molecular weight excluding hydrogens is 263 g/mol. The van der Waals surface area contributed by atoms with Crippen molar-refractivity contribution in [1.29, 1.82) is 0 Å². The van der Waals surface area contributed by atoms with E-state index in [1.54, 1.807) is 0 Å². The van der Waals surface area contributed by atoms with E-state index in [1.807, 2.05) is 62.4 Å². The van der Waals surface area contributed by atoms with Gasteiger partial charge in [-0.1, -0.05) is 59.7 Å². The zero-order valence-electron chi connectivity index (χ0n) is 12.0. The number of nitrogens with zero attached hydrogens (tertiary/aromatic N) is 2. The average molecular weight is 278 g/mol. The highest BCUT2D eigenvalue weighted by atomic mass is 19.1. The minimum atomic E-state index is -0.517. The first-order valence-electron chi connectivity index (χ1n) is 6.80. The molecule has 0 aliphatic carbocycles. The van der Waals surface area contributed by atoms with Gasteiger partial charge in [0.1, 0.15) is 0 Å². The summed E-state index contributed by atoms with van der Waals surface area (Å²) in [4.78, 5) is 8.38. The Labute approximate surface area is 123 Å². The maximum atomic E-state index is 13.8. The minimum absolute atomic E-state index is 0.408. The number of halogens is 1. The maximum Gasteiger partial charge on any atom is 0.217 e. The summed E-state index contributed by atoms with van der Waals surface area (Å²) < 4.78 is 13.8. The van der Waals surface area contributed by atoms with Crippen LogP contribution in [0.4, 0.5) is 4.39 Å². The number of aryl methyl sites for hydroxylation is 2. The molecule has 1 aromatic heterocycles. The van der Waals surface area contributed by atoms with E-state index >= 15 is 0 Å². The van der Waals surface area contributed by atoms with Crippen molar-refractivity contribution in [2.45, 2.75) is 13.8 Å². The lowest BCUT2D eigenvalue weighted by Gasteiger charge is -2.06. The Hall–Kier alpha value is -2.55. The molecule has 2 nitrogen and oxygen atoms in total. The molecule has 0 unspecified atom stereocenters. The summed E-state index contributed by atoms with van der Waals surface area (Å²) >= 11 is 0. The number of hydrogen-bond donors (Lipinski definition) is 0. The Morgan fingerprint density at radius 2 is 1.24 bits per heavy atom. The van der Waals surface area contributed by atoms with Crippen molar-refractivity contribution in [1.82, 2.24) is 9.97 Å². The lowest BCUT2D eigenvalue weighted by molar-refractivity contribution is 0.582. The Morgan fingerprint density at radius 3 is 1.81 bits per heavy atom. The van der Waals surface area contributed by atoms with Gasteiger partial charge in [0.15, 0.2) is 5.82 Å². The van der Waals surface area contributed by atoms with Crippen molar-refractivity contribution in [2.75, 3.05) is 0 Å². The summed E-state index contributed by atoms with van der Waals surface area (Å²) in [6.45, 7) is 4.02. The Kier molecular flexibility index (Phi) is 3.48. The van der Waals surface area contributed by atoms with Crippen molar-refractivity contribution in [3.63, 3.8) is 0 Å². The van der Waals surface area contributed by atoms with E-state index in [1.165, 1.54) is 6.07 Å². The van der Waals surface area contributed by atoms with Crippen LogP contribution in [0.3, 0.4) is 0 Å². The molecular formula is C18H15FN2. The zero-order valence-corrected chi connectivity index (χ0v) is 12.0. The summed E-state index contributed by atoms with van der Waals surface area (Å²) in [5.41, 5.74) is 4.60. The third-order valence-corrected chi connectivity index (χ3v) is 3.35. The third kappa shape index (κ3) is 2.97. The van der Waals surface area contributed by atoms with Gasteiger partial charge in [-0.25, -0.2) is 4.98 Å². The standard InChI is InChI=1S/C18H15FN2/c1-12-3-7-14(8-4-12)16-11-17(19)21-18(20-16)15-9-5-13(2)6-10-15/h3-11H,1-2H3. The number of aromatic nitrogens is 2. The molecule has 0 fully saturated rings. The Morgan fingerprint density at radius 1 is 0.714 bits per heavy atom. The van der Waals surface area contributed by atoms with Gasteiger partial charge in [-0.15, -0.1) is 0 Å². The largest absolute Gasteiger partial charge is 0.228 e. The van der Waals surface area contributed by atoms with Crippen LogP contribution in [0.15, 0.2) is 54.6 Å². The van der Waals surface area contributed by atoms with E-state index in [2.05, 4.69) is 9.97 Å². The van der Waals surface area contributed by atoms with E-state index in [-0.39, 0.29) is 0 Å². The smallest absolute Gasteiger partial charge is 0.217 e. The van der Waals surface area contributed by atoms with Crippen LogP contribution in [0.2, 0.25) is 0 Å². The summed E-state index contributed by atoms with van der Waals surface area (Å²) in [6.07, 6.45) is 0. The number of hydrogen-bond acceptors (Lipinski definition) is 2. The molecule has 1 heterocycles. The second kappa shape index (κ2) is 5.44. The molecule has 0 spiro atoms. The van der Waals surface area contributed by atoms with Crippen LogP contribution in [0.5, 0.6) is 0 Å². The second-order valence-corrected chi connectivity index (χ2v) is 5.13. The molecule has 3 rings (SSSR count). The van der Waals surface area contributed by atoms with E-state index in [4.69, 9.17) is 0 Å². The van der Waals surface area contributed by atoms with Crippen LogP contribution < -0.4 is 0 Å². The SMILES string of the molecule is Cc1ccc(-c2cc(F)nc(-c3ccc(C)cc3)n2)cc1. The lowest BCUT2D eigenvalue weighted by Crippen LogP contribution is -1.95. The molecule has 0 amide bonds. The highest BCUT2D eigenvalue weighted by molar-refractivity contribution is 5.63. The average Bonchev–Trinajstić information content (AvgIpc) is 2.48. The highest BCUT2D eigenvalue weighted by Crippen LogP contribution is 2.22. The van der Waals surface area contributed by atoms with Crippen molar-refractivity contribution < 1.29 is 4.39 Å². The van der Waals surface area contributed by atoms with E-state index in [9.17, 15) is 4.39 Å². The summed E-state index contributed by atoms with van der Waals surface area (Å²) in [5, 5.41) is 0. The fourth-order valence-electron chi connectivity index (χ4n) is 2.12. The molecule has 2 aromatic carbocycles. The molecule has 0 radical (unpaired) electrons. The lowest BCUT2D eigenvalue weighted by atomic mass is 10.1. The third-order valence-electron chi connectivity index (χ3n) is 3.35. The normalized spacial score (nSPS) is 10.6. The topological polar surface area (TPSA) is 25.8 Å². The van der Waals surface area contributed by atoms with Gasteiger partial charge in [0, 0.05) is 17.2 Å². The van der Waals surface area contributed by atoms with Crippen molar-refractivity contribution in [3.8, 4) is 22.6 Å². The molecule has 3 aromatic rings. The molecule has 0 saturated heterocycles. The van der Waals surface area contributed by atoms with Gasteiger partial charge in [0.05, 0.1) is 5.69 Å². The van der Waals surface area contributed by atoms with E-state index in [0.29, 0.717) is 11.5 Å². The number of benzene rings is 2. The van der Waals surface area contributed by atoms with Gasteiger partial charge in [0.25, 0.3) is 0 Å². The van der Waals surface area contributed by atoms with Crippen molar-refractivity contribution in [2.24, 2.45) is 0 Å². The predicted octanol–water partition coefficient (Wildman–Crippen LogP) is 4.57. The van der Waals surface area contributed by atoms with E-state index < -0.39 is 5.95 Å². The van der Waals surface area contributed by atoms with Gasteiger partial charge in [-0.2, -0.15) is 9.37 Å². The first-order chi connectivity index (χ1) is 10.1. The monoisotopic (exact) mass is 278 g/mol. The second-order valence-electron chi connectivity index (χ2n) is 5.13. The molecule has 0 aliphatic rings. The fourth-order valence-corrected chi connectivity index (χ4v) is 2.12. The van der Waals surface area contributed by atoms with Crippen LogP contribution in [0.1, 0.15) is 11.1 Å². The van der Waals surface area contributed by atoms with Crippen LogP contribution in [0.25, 0.3) is 22.6 Å². The van der Waals surface area contributed by atoms with Gasteiger partial charge in [-0.05, 0) is 13.8 Å². The fraction of sp³-hybridized carbons (Fsp3) is 0.111. The van der Waals surface area contributed by atoms with Crippen LogP contribution in [-0.2, 0) is 0 Å². The van der Waals surface area contributed by atoms with Gasteiger partial charge >= 0.3 is 0 Å². The van der Waals surface area contributed by atoms with Gasteiger partial charge in [-0.3, -0.25) is 0 Å². The molecule has 0 saturated carbocycles. The predicted molar refractivity (Wildman–Crippen MR) is 82.3 cm³/mol. The van der Waals surface area contributed by atoms with E-state index in [0.717, 1.165) is 22.3 Å². The molecule has 0 bridgehead atoms. The molecule has 104 valence electrons. The van der Waals surface area contributed by atoms with Gasteiger partial charge in [0.2, 0.25) is 5.95 Å². The first-order valence-corrected chi connectivity index (χ1v) is 6.80. The quantitative estimate of drug-likeness (QED) is 0.642. The van der Waals surface area contributed by atoms with Crippen molar-refractivity contribution >= 4 is 0 Å². The Balaban J connectivity index is 2.07. The number of rotatable bonds is 2. The molecule has 0 aliphatic heterocycles. The van der Waals surface area contributed by atoms with Crippen LogP contribution in [-0.4, -0.2) is 9.97 Å². The highest BCUT2D eigenvalue weighted by Gasteiger charge is 2.08.